The second kappa shape index (κ2) is 6.35. The molecule has 0 spiro atoms. The van der Waals surface area contributed by atoms with Gasteiger partial charge in [0.25, 0.3) is 0 Å². The average Bonchev–Trinajstić information content (AvgIpc) is 3.13. The highest BCUT2D eigenvalue weighted by Gasteiger charge is 2.21. The first-order valence-corrected chi connectivity index (χ1v) is 8.65. The van der Waals surface area contributed by atoms with Crippen LogP contribution in [0, 0.1) is 13.8 Å². The molecule has 0 saturated carbocycles. The van der Waals surface area contributed by atoms with Crippen LogP contribution >= 0.6 is 11.8 Å². The van der Waals surface area contributed by atoms with Gasteiger partial charge in [-0.2, -0.15) is 9.67 Å². The number of aryl methyl sites for hydroxylation is 2. The standard InChI is InChI=1S/C16H20N6OS/c1-10-7-6-8-11(2)13(10)22-15(18-20-21-22)24-9-12-17-14(19-23-12)16(3,4)5/h6-8H,9H2,1-5H3. The first kappa shape index (κ1) is 16.6. The van der Waals surface area contributed by atoms with Gasteiger partial charge in [-0.05, 0) is 35.4 Å². The van der Waals surface area contributed by atoms with Crippen molar-refractivity contribution in [2.24, 2.45) is 0 Å². The number of tetrazole rings is 1. The van der Waals surface area contributed by atoms with Gasteiger partial charge in [-0.25, -0.2) is 0 Å². The molecular weight excluding hydrogens is 324 g/mol. The Labute approximate surface area is 144 Å². The summed E-state index contributed by atoms with van der Waals surface area (Å²) >= 11 is 1.47. The van der Waals surface area contributed by atoms with E-state index in [1.807, 2.05) is 32.0 Å². The van der Waals surface area contributed by atoms with E-state index in [4.69, 9.17) is 4.52 Å². The largest absolute Gasteiger partial charge is 0.338 e. The summed E-state index contributed by atoms with van der Waals surface area (Å²) < 4.78 is 7.08. The molecule has 0 fully saturated rings. The summed E-state index contributed by atoms with van der Waals surface area (Å²) in [6, 6.07) is 6.12. The Morgan fingerprint density at radius 3 is 2.50 bits per heavy atom. The summed E-state index contributed by atoms with van der Waals surface area (Å²) in [7, 11) is 0. The third kappa shape index (κ3) is 3.33. The third-order valence-corrected chi connectivity index (χ3v) is 4.46. The lowest BCUT2D eigenvalue weighted by molar-refractivity contribution is 0.372. The molecule has 3 aromatic rings. The summed E-state index contributed by atoms with van der Waals surface area (Å²) in [5.74, 6) is 1.79. The molecule has 0 bridgehead atoms. The van der Waals surface area contributed by atoms with Crippen LogP contribution in [0.1, 0.15) is 43.6 Å². The Balaban J connectivity index is 1.81. The molecule has 0 unspecified atom stereocenters. The number of thioether (sulfide) groups is 1. The molecule has 0 aliphatic heterocycles. The molecule has 7 nitrogen and oxygen atoms in total. The molecule has 0 saturated heterocycles. The van der Waals surface area contributed by atoms with Crippen molar-refractivity contribution in [3.8, 4) is 5.69 Å². The highest BCUT2D eigenvalue weighted by Crippen LogP contribution is 2.26. The normalized spacial score (nSPS) is 11.9. The van der Waals surface area contributed by atoms with Crippen molar-refractivity contribution in [3.63, 3.8) is 0 Å². The summed E-state index contributed by atoms with van der Waals surface area (Å²) in [6.07, 6.45) is 0. The molecule has 2 aromatic heterocycles. The Morgan fingerprint density at radius 1 is 1.17 bits per heavy atom. The van der Waals surface area contributed by atoms with Crippen molar-refractivity contribution in [2.45, 2.75) is 50.9 Å². The third-order valence-electron chi connectivity index (χ3n) is 3.56. The zero-order valence-electron chi connectivity index (χ0n) is 14.4. The van der Waals surface area contributed by atoms with Gasteiger partial charge in [0.2, 0.25) is 11.0 Å². The molecule has 0 aliphatic carbocycles. The van der Waals surface area contributed by atoms with Gasteiger partial charge in [0.1, 0.15) is 0 Å². The van der Waals surface area contributed by atoms with E-state index in [-0.39, 0.29) is 5.41 Å². The van der Waals surface area contributed by atoms with Crippen LogP contribution < -0.4 is 0 Å². The van der Waals surface area contributed by atoms with Gasteiger partial charge < -0.3 is 4.52 Å². The van der Waals surface area contributed by atoms with Gasteiger partial charge in [0.05, 0.1) is 11.4 Å². The first-order valence-electron chi connectivity index (χ1n) is 7.67. The van der Waals surface area contributed by atoms with E-state index in [1.165, 1.54) is 11.8 Å². The van der Waals surface area contributed by atoms with Gasteiger partial charge in [0.15, 0.2) is 5.82 Å². The highest BCUT2D eigenvalue weighted by atomic mass is 32.2. The molecular formula is C16H20N6OS. The minimum Gasteiger partial charge on any atom is -0.338 e. The van der Waals surface area contributed by atoms with E-state index in [0.29, 0.717) is 22.6 Å². The smallest absolute Gasteiger partial charge is 0.237 e. The zero-order valence-corrected chi connectivity index (χ0v) is 15.3. The highest BCUT2D eigenvalue weighted by molar-refractivity contribution is 7.98. The van der Waals surface area contributed by atoms with Crippen molar-refractivity contribution in [3.05, 3.63) is 41.0 Å². The SMILES string of the molecule is Cc1cccc(C)c1-n1nnnc1SCc1nc(C(C)(C)C)no1. The Kier molecular flexibility index (Phi) is 4.40. The number of rotatable bonds is 4. The first-order chi connectivity index (χ1) is 11.4. The molecule has 0 atom stereocenters. The lowest BCUT2D eigenvalue weighted by Crippen LogP contribution is -2.13. The van der Waals surface area contributed by atoms with Crippen molar-refractivity contribution in [1.29, 1.82) is 0 Å². The van der Waals surface area contributed by atoms with Crippen LogP contribution in [0.25, 0.3) is 5.69 Å². The van der Waals surface area contributed by atoms with Crippen LogP contribution in [0.4, 0.5) is 0 Å². The van der Waals surface area contributed by atoms with E-state index >= 15 is 0 Å². The Bertz CT molecular complexity index is 828. The van der Waals surface area contributed by atoms with Crippen LogP contribution in [0.3, 0.4) is 0 Å². The van der Waals surface area contributed by atoms with Crippen LogP contribution in [0.2, 0.25) is 0 Å². The van der Waals surface area contributed by atoms with Crippen molar-refractivity contribution in [1.82, 2.24) is 30.3 Å². The summed E-state index contributed by atoms with van der Waals surface area (Å²) in [6.45, 7) is 10.3. The van der Waals surface area contributed by atoms with E-state index in [0.717, 1.165) is 16.8 Å². The van der Waals surface area contributed by atoms with E-state index in [9.17, 15) is 0 Å². The Hall–Kier alpha value is -2.22. The maximum atomic E-state index is 5.32. The summed E-state index contributed by atoms with van der Waals surface area (Å²) in [5, 5.41) is 16.8. The lowest BCUT2D eigenvalue weighted by Gasteiger charge is -2.11. The molecule has 1 aromatic carbocycles. The number of nitrogens with zero attached hydrogens (tertiary/aromatic N) is 6. The zero-order chi connectivity index (χ0) is 17.3. The fraction of sp³-hybridized carbons (Fsp3) is 0.438. The summed E-state index contributed by atoms with van der Waals surface area (Å²) in [5.41, 5.74) is 3.12. The number of benzene rings is 1. The van der Waals surface area contributed by atoms with E-state index in [1.54, 1.807) is 4.68 Å². The number of para-hydroxylation sites is 1. The number of hydrogen-bond acceptors (Lipinski definition) is 7. The molecule has 126 valence electrons. The fourth-order valence-electron chi connectivity index (χ4n) is 2.29. The molecule has 2 heterocycles. The van der Waals surface area contributed by atoms with Gasteiger partial charge in [-0.1, -0.05) is 55.9 Å². The van der Waals surface area contributed by atoms with Crippen molar-refractivity contribution < 1.29 is 4.52 Å². The number of aromatic nitrogens is 6. The van der Waals surface area contributed by atoms with Crippen molar-refractivity contribution in [2.75, 3.05) is 0 Å². The number of hydrogen-bond donors (Lipinski definition) is 0. The van der Waals surface area contributed by atoms with Gasteiger partial charge in [-0.15, -0.1) is 5.10 Å². The van der Waals surface area contributed by atoms with E-state index in [2.05, 4.69) is 46.4 Å². The maximum absolute atomic E-state index is 5.32. The van der Waals surface area contributed by atoms with Crippen LogP contribution in [0.15, 0.2) is 27.9 Å². The molecule has 24 heavy (non-hydrogen) atoms. The lowest BCUT2D eigenvalue weighted by atomic mass is 9.96. The predicted octanol–water partition coefficient (Wildman–Crippen LogP) is 3.25. The minimum atomic E-state index is -0.133. The molecule has 0 aliphatic rings. The maximum Gasteiger partial charge on any atom is 0.237 e. The monoisotopic (exact) mass is 344 g/mol. The van der Waals surface area contributed by atoms with E-state index < -0.39 is 0 Å². The quantitative estimate of drug-likeness (QED) is 0.672. The van der Waals surface area contributed by atoms with Crippen LogP contribution in [-0.2, 0) is 11.2 Å². The predicted molar refractivity (Wildman–Crippen MR) is 91.2 cm³/mol. The second-order valence-electron chi connectivity index (χ2n) is 6.66. The van der Waals surface area contributed by atoms with Crippen LogP contribution in [0.5, 0.6) is 0 Å². The van der Waals surface area contributed by atoms with Gasteiger partial charge >= 0.3 is 0 Å². The van der Waals surface area contributed by atoms with Gasteiger partial charge in [-0.3, -0.25) is 0 Å². The average molecular weight is 344 g/mol. The topological polar surface area (TPSA) is 82.5 Å². The molecule has 0 amide bonds. The minimum absolute atomic E-state index is 0.133. The molecule has 8 heteroatoms. The Morgan fingerprint density at radius 2 is 1.88 bits per heavy atom. The molecule has 0 N–H and O–H groups in total. The molecule has 0 radical (unpaired) electrons. The van der Waals surface area contributed by atoms with Crippen molar-refractivity contribution >= 4 is 11.8 Å². The fourth-order valence-corrected chi connectivity index (χ4v) is 3.01. The molecule has 3 rings (SSSR count). The second-order valence-corrected chi connectivity index (χ2v) is 7.61. The van der Waals surface area contributed by atoms with Gasteiger partial charge in [0, 0.05) is 5.41 Å². The summed E-state index contributed by atoms with van der Waals surface area (Å²) in [4.78, 5) is 4.44. The van der Waals surface area contributed by atoms with Crippen LogP contribution in [-0.4, -0.2) is 30.3 Å².